The summed E-state index contributed by atoms with van der Waals surface area (Å²) in [4.78, 5) is 35.4. The molecule has 0 aromatic carbocycles. The number of rotatable bonds is 7. The van der Waals surface area contributed by atoms with Crippen molar-refractivity contribution < 1.29 is 19.5 Å². The number of nitrogens with one attached hydrogen (secondary N) is 2. The van der Waals surface area contributed by atoms with Crippen molar-refractivity contribution in [2.75, 3.05) is 19.6 Å². The van der Waals surface area contributed by atoms with Crippen LogP contribution in [0.4, 0.5) is 4.79 Å². The first-order valence-corrected chi connectivity index (χ1v) is 7.52. The predicted molar refractivity (Wildman–Crippen MR) is 77.9 cm³/mol. The molecule has 1 saturated heterocycles. The summed E-state index contributed by atoms with van der Waals surface area (Å²) >= 11 is 0. The average molecular weight is 299 g/mol. The Morgan fingerprint density at radius 2 is 2.00 bits per heavy atom. The second-order valence-electron chi connectivity index (χ2n) is 5.43. The third-order valence-electron chi connectivity index (χ3n) is 3.67. The summed E-state index contributed by atoms with van der Waals surface area (Å²) in [6, 6.07) is 0.0438. The molecule has 1 aliphatic rings. The van der Waals surface area contributed by atoms with Crippen molar-refractivity contribution in [2.24, 2.45) is 0 Å². The van der Waals surface area contributed by atoms with Gasteiger partial charge in [-0.15, -0.1) is 0 Å². The van der Waals surface area contributed by atoms with Crippen LogP contribution in [0.15, 0.2) is 0 Å². The molecular weight excluding hydrogens is 274 g/mol. The van der Waals surface area contributed by atoms with Crippen molar-refractivity contribution in [1.29, 1.82) is 0 Å². The van der Waals surface area contributed by atoms with Crippen molar-refractivity contribution in [3.05, 3.63) is 0 Å². The molecule has 0 aromatic rings. The molecule has 120 valence electrons. The Morgan fingerprint density at radius 3 is 2.67 bits per heavy atom. The van der Waals surface area contributed by atoms with Gasteiger partial charge in [0.25, 0.3) is 0 Å². The number of amides is 3. The molecule has 0 spiro atoms. The molecule has 0 bridgehead atoms. The number of carbonyl (C=O) groups excluding carboxylic acids is 2. The van der Waals surface area contributed by atoms with Gasteiger partial charge >= 0.3 is 12.0 Å². The van der Waals surface area contributed by atoms with E-state index < -0.39 is 17.9 Å². The van der Waals surface area contributed by atoms with Gasteiger partial charge in [-0.2, -0.15) is 0 Å². The number of hydrogen-bond donors (Lipinski definition) is 3. The molecule has 21 heavy (non-hydrogen) atoms. The van der Waals surface area contributed by atoms with Crippen LogP contribution in [0, 0.1) is 0 Å². The maximum atomic E-state index is 11.4. The van der Waals surface area contributed by atoms with Crippen molar-refractivity contribution in [3.63, 3.8) is 0 Å². The highest BCUT2D eigenvalue weighted by molar-refractivity contribution is 5.95. The zero-order valence-electron chi connectivity index (χ0n) is 12.6. The molecule has 0 aliphatic carbocycles. The number of nitrogens with zero attached hydrogens (tertiary/aromatic N) is 1. The van der Waals surface area contributed by atoms with Gasteiger partial charge in [0.2, 0.25) is 5.91 Å². The van der Waals surface area contributed by atoms with Crippen molar-refractivity contribution in [2.45, 2.75) is 51.5 Å². The number of hydrogen-bond acceptors (Lipinski definition) is 4. The van der Waals surface area contributed by atoms with Gasteiger partial charge in [-0.05, 0) is 32.7 Å². The van der Waals surface area contributed by atoms with Crippen LogP contribution in [0.25, 0.3) is 0 Å². The molecule has 1 fully saturated rings. The van der Waals surface area contributed by atoms with E-state index in [0.29, 0.717) is 12.6 Å². The normalized spacial score (nSPS) is 19.0. The largest absolute Gasteiger partial charge is 0.481 e. The second-order valence-corrected chi connectivity index (χ2v) is 5.43. The van der Waals surface area contributed by atoms with Crippen LogP contribution in [0.5, 0.6) is 0 Å². The van der Waals surface area contributed by atoms with Crippen LogP contribution in [0.2, 0.25) is 0 Å². The van der Waals surface area contributed by atoms with E-state index >= 15 is 0 Å². The van der Waals surface area contributed by atoms with Crippen molar-refractivity contribution in [3.8, 4) is 0 Å². The van der Waals surface area contributed by atoms with Gasteiger partial charge in [-0.1, -0.05) is 6.42 Å². The molecule has 1 rings (SSSR count). The first kappa shape index (κ1) is 17.4. The van der Waals surface area contributed by atoms with Crippen LogP contribution < -0.4 is 10.6 Å². The molecule has 3 N–H and O–H groups in total. The lowest BCUT2D eigenvalue weighted by atomic mass is 10.0. The number of carbonyl (C=O) groups is 3. The topological polar surface area (TPSA) is 98.7 Å². The van der Waals surface area contributed by atoms with E-state index in [1.807, 2.05) is 0 Å². The summed E-state index contributed by atoms with van der Waals surface area (Å²) in [7, 11) is 0. The highest BCUT2D eigenvalue weighted by atomic mass is 16.4. The van der Waals surface area contributed by atoms with Crippen LogP contribution >= 0.6 is 0 Å². The molecule has 7 nitrogen and oxygen atoms in total. The number of likely N-dealkylation sites (tertiary alicyclic amines) is 1. The van der Waals surface area contributed by atoms with Crippen LogP contribution in [-0.4, -0.2) is 53.6 Å². The Balaban J connectivity index is 2.07. The van der Waals surface area contributed by atoms with Gasteiger partial charge < -0.3 is 15.3 Å². The van der Waals surface area contributed by atoms with Crippen LogP contribution in [-0.2, 0) is 9.59 Å². The molecule has 1 atom stereocenters. The lowest BCUT2D eigenvalue weighted by Crippen LogP contribution is -2.42. The van der Waals surface area contributed by atoms with E-state index in [0.717, 1.165) is 19.5 Å². The molecule has 0 radical (unpaired) electrons. The SMILES string of the molecule is CC1CCCCN1CCCNC(=O)NC(=O)CCC(=O)O. The Bertz CT molecular complexity index is 373. The van der Waals surface area contributed by atoms with Crippen LogP contribution in [0.1, 0.15) is 45.4 Å². The molecule has 0 aromatic heterocycles. The summed E-state index contributed by atoms with van der Waals surface area (Å²) in [5, 5.41) is 13.2. The summed E-state index contributed by atoms with van der Waals surface area (Å²) < 4.78 is 0. The van der Waals surface area contributed by atoms with E-state index in [9.17, 15) is 14.4 Å². The van der Waals surface area contributed by atoms with Gasteiger partial charge in [0, 0.05) is 25.6 Å². The Morgan fingerprint density at radius 1 is 1.24 bits per heavy atom. The molecule has 1 heterocycles. The monoisotopic (exact) mass is 299 g/mol. The lowest BCUT2D eigenvalue weighted by Gasteiger charge is -2.33. The fourth-order valence-corrected chi connectivity index (χ4v) is 2.43. The first-order valence-electron chi connectivity index (χ1n) is 7.52. The average Bonchev–Trinajstić information content (AvgIpc) is 2.43. The van der Waals surface area contributed by atoms with E-state index in [1.165, 1.54) is 19.3 Å². The smallest absolute Gasteiger partial charge is 0.321 e. The summed E-state index contributed by atoms with van der Waals surface area (Å²) in [5.74, 6) is -1.62. The van der Waals surface area contributed by atoms with E-state index in [1.54, 1.807) is 0 Å². The Kier molecular flexibility index (Phi) is 7.74. The lowest BCUT2D eigenvalue weighted by molar-refractivity contribution is -0.138. The Labute approximate surface area is 125 Å². The predicted octanol–water partition coefficient (Wildman–Crippen LogP) is 0.941. The minimum atomic E-state index is -1.05. The van der Waals surface area contributed by atoms with Crippen molar-refractivity contribution in [1.82, 2.24) is 15.5 Å². The fraction of sp³-hybridized carbons (Fsp3) is 0.786. The maximum Gasteiger partial charge on any atom is 0.321 e. The number of piperidine rings is 1. The van der Waals surface area contributed by atoms with Gasteiger partial charge in [0.1, 0.15) is 0 Å². The fourth-order valence-electron chi connectivity index (χ4n) is 2.43. The van der Waals surface area contributed by atoms with Gasteiger partial charge in [0.15, 0.2) is 0 Å². The summed E-state index contributed by atoms with van der Waals surface area (Å²) in [6.45, 7) is 4.77. The molecule has 7 heteroatoms. The number of imide groups is 1. The quantitative estimate of drug-likeness (QED) is 0.608. The summed E-state index contributed by atoms with van der Waals surface area (Å²) in [6.07, 6.45) is 4.13. The minimum Gasteiger partial charge on any atom is -0.481 e. The third-order valence-corrected chi connectivity index (χ3v) is 3.67. The van der Waals surface area contributed by atoms with Crippen molar-refractivity contribution >= 4 is 17.9 Å². The second kappa shape index (κ2) is 9.33. The first-order chi connectivity index (χ1) is 9.99. The standard InChI is InChI=1S/C14H25N3O4/c1-11-5-2-3-9-17(11)10-4-8-15-14(21)16-12(18)6-7-13(19)20/h11H,2-10H2,1H3,(H,19,20)(H2,15,16,18,21). The summed E-state index contributed by atoms with van der Waals surface area (Å²) in [5.41, 5.74) is 0. The third kappa shape index (κ3) is 7.65. The van der Waals surface area contributed by atoms with Gasteiger partial charge in [-0.25, -0.2) is 4.79 Å². The van der Waals surface area contributed by atoms with Gasteiger partial charge in [-0.3, -0.25) is 14.9 Å². The Hall–Kier alpha value is -1.63. The van der Waals surface area contributed by atoms with Gasteiger partial charge in [0.05, 0.1) is 6.42 Å². The number of aliphatic carboxylic acids is 1. The van der Waals surface area contributed by atoms with E-state index in [-0.39, 0.29) is 12.8 Å². The molecule has 1 aliphatic heterocycles. The number of carboxylic acid groups (broad SMARTS) is 1. The zero-order valence-corrected chi connectivity index (χ0v) is 12.6. The molecule has 1 unspecified atom stereocenters. The molecule has 3 amide bonds. The van der Waals surface area contributed by atoms with Crippen LogP contribution in [0.3, 0.4) is 0 Å². The number of urea groups is 1. The highest BCUT2D eigenvalue weighted by Gasteiger charge is 2.17. The molecular formula is C14H25N3O4. The molecule has 0 saturated carbocycles. The van der Waals surface area contributed by atoms with E-state index in [4.69, 9.17) is 5.11 Å². The number of carboxylic acids is 1. The zero-order chi connectivity index (χ0) is 15.7. The maximum absolute atomic E-state index is 11.4. The minimum absolute atomic E-state index is 0.186. The van der Waals surface area contributed by atoms with E-state index in [2.05, 4.69) is 22.5 Å². The highest BCUT2D eigenvalue weighted by Crippen LogP contribution is 2.15.